The molecule has 0 saturated carbocycles. The number of halogens is 5. The number of fused-ring (bicyclic) bond motifs is 1. The van der Waals surface area contributed by atoms with E-state index < -0.39 is 40.7 Å². The van der Waals surface area contributed by atoms with Crippen molar-refractivity contribution in [1.82, 2.24) is 15.2 Å². The molecule has 1 fully saturated rings. The standard InChI is InChI=1S/C22H22F2N4O3.C2HF3O2/c1-25-16-10-27(11-17(16)26-2)20-8-19-12(7-15(20)24)21(29)13(22(30)31)9-28(19)18-6-4-3-5-14(18)23;3-2(4,5)1(6)7/h3-9,16-17,25-26H,10-11H2,1-2H3,(H,30,31);(H,6,7)/t16-,17-;/m1./s1. The summed E-state index contributed by atoms with van der Waals surface area (Å²) in [5, 5.41) is 22.8. The molecule has 2 atom stereocenters. The van der Waals surface area contributed by atoms with Crippen molar-refractivity contribution >= 4 is 28.5 Å². The van der Waals surface area contributed by atoms with Crippen LogP contribution in [0.4, 0.5) is 27.6 Å². The van der Waals surface area contributed by atoms with Crippen LogP contribution in [0.3, 0.4) is 0 Å². The van der Waals surface area contributed by atoms with Crippen molar-refractivity contribution < 1.29 is 41.8 Å². The molecule has 2 aromatic carbocycles. The summed E-state index contributed by atoms with van der Waals surface area (Å²) in [6.45, 7) is 1.06. The highest BCUT2D eigenvalue weighted by molar-refractivity contribution is 5.94. The molecule has 3 aromatic rings. The fraction of sp³-hybridized carbons (Fsp3) is 0.292. The maximum atomic E-state index is 15.1. The predicted molar refractivity (Wildman–Crippen MR) is 128 cm³/mol. The van der Waals surface area contributed by atoms with Crippen LogP contribution in [0.1, 0.15) is 10.4 Å². The van der Waals surface area contributed by atoms with Gasteiger partial charge in [0.05, 0.1) is 16.9 Å². The molecular formula is C24H23F5N4O5. The van der Waals surface area contributed by atoms with Gasteiger partial charge < -0.3 is 30.3 Å². The van der Waals surface area contributed by atoms with Crippen LogP contribution in [0.25, 0.3) is 16.6 Å². The minimum atomic E-state index is -5.08. The third-order valence-electron chi connectivity index (χ3n) is 6.06. The van der Waals surface area contributed by atoms with E-state index in [9.17, 15) is 32.3 Å². The molecule has 0 unspecified atom stereocenters. The fourth-order valence-electron chi connectivity index (χ4n) is 4.16. The second-order valence-corrected chi connectivity index (χ2v) is 8.32. The number of pyridine rings is 1. The zero-order chi connectivity index (χ0) is 28.4. The monoisotopic (exact) mass is 542 g/mol. The highest BCUT2D eigenvalue weighted by Gasteiger charge is 2.38. The minimum absolute atomic E-state index is 0.0650. The van der Waals surface area contributed by atoms with E-state index in [0.29, 0.717) is 13.1 Å². The van der Waals surface area contributed by atoms with Gasteiger partial charge in [0.25, 0.3) is 0 Å². The van der Waals surface area contributed by atoms with E-state index >= 15 is 4.39 Å². The molecule has 204 valence electrons. The number of hydrogen-bond acceptors (Lipinski definition) is 6. The van der Waals surface area contributed by atoms with Gasteiger partial charge >= 0.3 is 18.1 Å². The van der Waals surface area contributed by atoms with Crippen LogP contribution in [0.15, 0.2) is 47.4 Å². The maximum absolute atomic E-state index is 15.1. The number of carboxylic acid groups (broad SMARTS) is 2. The lowest BCUT2D eigenvalue weighted by Gasteiger charge is -2.21. The number of anilines is 1. The third kappa shape index (κ3) is 5.75. The second-order valence-electron chi connectivity index (χ2n) is 8.32. The van der Waals surface area contributed by atoms with Crippen LogP contribution < -0.4 is 21.0 Å². The van der Waals surface area contributed by atoms with E-state index in [1.807, 2.05) is 19.0 Å². The van der Waals surface area contributed by atoms with Gasteiger partial charge in [-0.15, -0.1) is 0 Å². The summed E-state index contributed by atoms with van der Waals surface area (Å²) in [7, 11) is 3.66. The lowest BCUT2D eigenvalue weighted by atomic mass is 10.1. The van der Waals surface area contributed by atoms with Gasteiger partial charge in [-0.1, -0.05) is 12.1 Å². The van der Waals surface area contributed by atoms with Crippen LogP contribution in [0.2, 0.25) is 0 Å². The lowest BCUT2D eigenvalue weighted by molar-refractivity contribution is -0.192. The number of para-hydroxylation sites is 1. The Balaban J connectivity index is 0.000000505. The topological polar surface area (TPSA) is 124 Å². The van der Waals surface area contributed by atoms with Gasteiger partial charge in [0, 0.05) is 36.8 Å². The molecule has 0 amide bonds. The van der Waals surface area contributed by atoms with Crippen LogP contribution in [0.5, 0.6) is 0 Å². The maximum Gasteiger partial charge on any atom is 0.490 e. The Morgan fingerprint density at radius 2 is 1.50 bits per heavy atom. The zero-order valence-corrected chi connectivity index (χ0v) is 20.0. The van der Waals surface area contributed by atoms with E-state index in [2.05, 4.69) is 10.6 Å². The molecule has 1 saturated heterocycles. The van der Waals surface area contributed by atoms with Crippen molar-refractivity contribution in [2.24, 2.45) is 0 Å². The fourth-order valence-corrected chi connectivity index (χ4v) is 4.16. The van der Waals surface area contributed by atoms with Gasteiger partial charge in [0.1, 0.15) is 17.2 Å². The van der Waals surface area contributed by atoms with Gasteiger partial charge in [0.15, 0.2) is 0 Å². The average Bonchev–Trinajstić information content (AvgIpc) is 3.28. The summed E-state index contributed by atoms with van der Waals surface area (Å²) >= 11 is 0. The number of carboxylic acids is 2. The number of likely N-dealkylation sites (N-methyl/N-ethyl adjacent to an activating group) is 2. The van der Waals surface area contributed by atoms with E-state index in [-0.39, 0.29) is 34.4 Å². The van der Waals surface area contributed by atoms with Crippen molar-refractivity contribution in [2.45, 2.75) is 18.3 Å². The summed E-state index contributed by atoms with van der Waals surface area (Å²) in [5.41, 5.74) is -0.823. The van der Waals surface area contributed by atoms with Crippen molar-refractivity contribution in [3.63, 3.8) is 0 Å². The van der Waals surface area contributed by atoms with E-state index in [1.165, 1.54) is 28.8 Å². The normalized spacial score (nSPS) is 17.3. The molecule has 38 heavy (non-hydrogen) atoms. The van der Waals surface area contributed by atoms with Crippen LogP contribution in [0, 0.1) is 11.6 Å². The number of carbonyl (C=O) groups is 2. The Hall–Kier alpha value is -4.04. The Morgan fingerprint density at radius 1 is 0.947 bits per heavy atom. The Bertz CT molecular complexity index is 1410. The number of nitrogens with one attached hydrogen (secondary N) is 2. The zero-order valence-electron chi connectivity index (χ0n) is 20.0. The molecule has 4 N–H and O–H groups in total. The number of aliphatic carboxylic acids is 1. The molecule has 14 heteroatoms. The summed E-state index contributed by atoms with van der Waals surface area (Å²) in [6.07, 6.45) is -4.00. The first kappa shape index (κ1) is 28.5. The highest BCUT2D eigenvalue weighted by Crippen LogP contribution is 2.30. The minimum Gasteiger partial charge on any atom is -0.477 e. The molecular weight excluding hydrogens is 519 g/mol. The lowest BCUT2D eigenvalue weighted by Crippen LogP contribution is -2.43. The molecule has 1 aromatic heterocycles. The third-order valence-corrected chi connectivity index (χ3v) is 6.06. The first-order valence-corrected chi connectivity index (χ1v) is 11.1. The van der Waals surface area contributed by atoms with Gasteiger partial charge in [0.2, 0.25) is 5.43 Å². The number of nitrogens with zero attached hydrogens (tertiary/aromatic N) is 2. The summed E-state index contributed by atoms with van der Waals surface area (Å²) in [5.74, 6) is -5.46. The van der Waals surface area contributed by atoms with E-state index in [0.717, 1.165) is 12.3 Å². The SMILES string of the molecule is CN[C@@H]1CN(c2cc3c(cc2F)c(=O)c(C(=O)O)cn3-c2ccccc2F)C[C@H]1NC.O=C(O)C(F)(F)F. The number of rotatable bonds is 5. The molecule has 1 aliphatic rings. The number of alkyl halides is 3. The summed E-state index contributed by atoms with van der Waals surface area (Å²) < 4.78 is 62.7. The largest absolute Gasteiger partial charge is 0.490 e. The summed E-state index contributed by atoms with van der Waals surface area (Å²) in [6, 6.07) is 8.51. The van der Waals surface area contributed by atoms with Gasteiger partial charge in [-0.25, -0.2) is 18.4 Å². The van der Waals surface area contributed by atoms with Gasteiger partial charge in [-0.2, -0.15) is 13.2 Å². The number of benzene rings is 2. The first-order chi connectivity index (χ1) is 17.8. The average molecular weight is 542 g/mol. The van der Waals surface area contributed by atoms with Crippen LogP contribution >= 0.6 is 0 Å². The van der Waals surface area contributed by atoms with Crippen LogP contribution in [-0.4, -0.2) is 72.2 Å². The van der Waals surface area contributed by atoms with E-state index in [1.54, 1.807) is 6.07 Å². The molecule has 9 nitrogen and oxygen atoms in total. The first-order valence-electron chi connectivity index (χ1n) is 11.1. The number of hydrogen-bond donors (Lipinski definition) is 4. The van der Waals surface area contributed by atoms with Crippen LogP contribution in [-0.2, 0) is 4.79 Å². The molecule has 0 aliphatic carbocycles. The molecule has 1 aliphatic heterocycles. The number of aromatic carboxylic acids is 1. The highest BCUT2D eigenvalue weighted by atomic mass is 19.4. The predicted octanol–water partition coefficient (Wildman–Crippen LogP) is 2.60. The van der Waals surface area contributed by atoms with Crippen molar-refractivity contribution in [3.8, 4) is 5.69 Å². The van der Waals surface area contributed by atoms with Crippen molar-refractivity contribution in [3.05, 3.63) is 70.0 Å². The van der Waals surface area contributed by atoms with Gasteiger partial charge in [-0.05, 0) is 38.4 Å². The van der Waals surface area contributed by atoms with Crippen molar-refractivity contribution in [2.75, 3.05) is 32.1 Å². The Labute approximate surface area is 212 Å². The molecule has 0 bridgehead atoms. The Kier molecular flexibility index (Phi) is 8.37. The second kappa shape index (κ2) is 11.1. The molecule has 4 rings (SSSR count). The van der Waals surface area contributed by atoms with Gasteiger partial charge in [-0.3, -0.25) is 4.79 Å². The molecule has 2 heterocycles. The Morgan fingerprint density at radius 3 is 1.97 bits per heavy atom. The van der Waals surface area contributed by atoms with Crippen molar-refractivity contribution in [1.29, 1.82) is 0 Å². The molecule has 0 radical (unpaired) electrons. The van der Waals surface area contributed by atoms with E-state index in [4.69, 9.17) is 9.90 Å². The number of aromatic nitrogens is 1. The summed E-state index contributed by atoms with van der Waals surface area (Å²) in [4.78, 5) is 35.1. The quantitative estimate of drug-likeness (QED) is 0.363. The molecule has 0 spiro atoms. The smallest absolute Gasteiger partial charge is 0.477 e.